The number of nitrogens with one attached hydrogen (secondary N) is 2. The molecule has 7 heteroatoms. The van der Waals surface area contributed by atoms with Crippen molar-refractivity contribution in [3.05, 3.63) is 95.1 Å². The zero-order valence-corrected chi connectivity index (χ0v) is 18.7. The first-order valence-corrected chi connectivity index (χ1v) is 10.8. The molecule has 0 heterocycles. The lowest BCUT2D eigenvalue weighted by Gasteiger charge is -2.14. The van der Waals surface area contributed by atoms with Gasteiger partial charge in [0.1, 0.15) is 0 Å². The minimum atomic E-state index is -0.528. The Balaban J connectivity index is 1.90. The molecule has 0 radical (unpaired) electrons. The van der Waals surface area contributed by atoms with Crippen LogP contribution in [0.1, 0.15) is 27.0 Å². The third kappa shape index (κ3) is 5.84. The number of quaternary nitrogens is 1. The average molecular weight is 449 g/mol. The van der Waals surface area contributed by atoms with Gasteiger partial charge in [0.25, 0.3) is 5.91 Å². The van der Waals surface area contributed by atoms with Gasteiger partial charge in [-0.2, -0.15) is 12.6 Å². The van der Waals surface area contributed by atoms with Crippen LogP contribution in [0, 0.1) is 6.92 Å². The highest BCUT2D eigenvalue weighted by atomic mass is 32.1. The zero-order chi connectivity index (χ0) is 23.1. The van der Waals surface area contributed by atoms with E-state index in [-0.39, 0.29) is 24.0 Å². The zero-order valence-electron chi connectivity index (χ0n) is 17.8. The Morgan fingerprint density at radius 3 is 2.31 bits per heavy atom. The standard InChI is InChI=1S/C25H25N3O3S/c1-16-7-5-6-10-18(16)13-23(29)28-22-12-11-19(27-25(31)21(26)15-32)14-20(22)24(30)17-8-3-2-4-9-17/h2-12,14,21,32H,13,15,26H2,1H3,(H,27,31)(H,28,29)/p+1/t21-/m0/s1. The topological polar surface area (TPSA) is 103 Å². The highest BCUT2D eigenvalue weighted by Crippen LogP contribution is 2.24. The monoisotopic (exact) mass is 448 g/mol. The molecule has 32 heavy (non-hydrogen) atoms. The van der Waals surface area contributed by atoms with Crippen molar-refractivity contribution in [3.8, 4) is 0 Å². The van der Waals surface area contributed by atoms with Gasteiger partial charge in [-0.3, -0.25) is 14.4 Å². The van der Waals surface area contributed by atoms with E-state index in [4.69, 9.17) is 0 Å². The van der Waals surface area contributed by atoms with Crippen LogP contribution in [0.5, 0.6) is 0 Å². The molecule has 3 aromatic rings. The predicted octanol–water partition coefficient (Wildman–Crippen LogP) is 2.89. The fourth-order valence-electron chi connectivity index (χ4n) is 3.17. The molecule has 6 nitrogen and oxygen atoms in total. The van der Waals surface area contributed by atoms with Crippen LogP contribution in [0.3, 0.4) is 0 Å². The van der Waals surface area contributed by atoms with Crippen LogP contribution < -0.4 is 16.4 Å². The third-order valence-electron chi connectivity index (χ3n) is 5.05. The Kier molecular flexibility index (Phi) is 7.81. The van der Waals surface area contributed by atoms with Crippen LogP contribution in [-0.4, -0.2) is 29.4 Å². The number of rotatable bonds is 8. The molecule has 0 saturated carbocycles. The molecule has 2 amide bonds. The Hall–Kier alpha value is -3.42. The Bertz CT molecular complexity index is 1130. The lowest BCUT2D eigenvalue weighted by Crippen LogP contribution is -2.67. The van der Waals surface area contributed by atoms with Crippen molar-refractivity contribution in [3.63, 3.8) is 0 Å². The fraction of sp³-hybridized carbons (Fsp3) is 0.160. The van der Waals surface area contributed by atoms with Crippen molar-refractivity contribution in [2.24, 2.45) is 0 Å². The number of amides is 2. The maximum atomic E-state index is 13.2. The summed E-state index contributed by atoms with van der Waals surface area (Å²) in [5, 5.41) is 5.61. The second-order valence-electron chi connectivity index (χ2n) is 7.48. The first-order chi connectivity index (χ1) is 15.4. The molecule has 0 aliphatic carbocycles. The molecule has 164 valence electrons. The van der Waals surface area contributed by atoms with Gasteiger partial charge in [0.15, 0.2) is 11.8 Å². The number of anilines is 2. The Morgan fingerprint density at radius 2 is 1.62 bits per heavy atom. The molecule has 0 unspecified atom stereocenters. The molecule has 1 atom stereocenters. The number of carbonyl (C=O) groups excluding carboxylic acids is 3. The highest BCUT2D eigenvalue weighted by Gasteiger charge is 2.19. The van der Waals surface area contributed by atoms with Gasteiger partial charge in [0, 0.05) is 16.8 Å². The van der Waals surface area contributed by atoms with Crippen molar-refractivity contribution in [1.29, 1.82) is 0 Å². The van der Waals surface area contributed by atoms with Gasteiger partial charge >= 0.3 is 0 Å². The molecule has 0 saturated heterocycles. The summed E-state index contributed by atoms with van der Waals surface area (Å²) in [7, 11) is 0. The van der Waals surface area contributed by atoms with E-state index in [0.29, 0.717) is 28.3 Å². The van der Waals surface area contributed by atoms with Gasteiger partial charge in [-0.15, -0.1) is 0 Å². The van der Waals surface area contributed by atoms with E-state index >= 15 is 0 Å². The summed E-state index contributed by atoms with van der Waals surface area (Å²) >= 11 is 4.10. The lowest BCUT2D eigenvalue weighted by atomic mass is 10.00. The van der Waals surface area contributed by atoms with E-state index in [1.165, 1.54) is 0 Å². The molecule has 0 aromatic heterocycles. The van der Waals surface area contributed by atoms with E-state index in [1.807, 2.05) is 37.3 Å². The lowest BCUT2D eigenvalue weighted by molar-refractivity contribution is -0.395. The summed E-state index contributed by atoms with van der Waals surface area (Å²) in [6.45, 7) is 1.95. The molecular formula is C25H26N3O3S+. The smallest absolute Gasteiger partial charge is 0.283 e. The number of benzene rings is 3. The van der Waals surface area contributed by atoms with Crippen molar-refractivity contribution >= 4 is 41.6 Å². The highest BCUT2D eigenvalue weighted by molar-refractivity contribution is 7.80. The third-order valence-corrected chi connectivity index (χ3v) is 5.49. The molecule has 0 aliphatic rings. The van der Waals surface area contributed by atoms with Gasteiger partial charge in [0.2, 0.25) is 5.91 Å². The number of carbonyl (C=O) groups is 3. The molecular weight excluding hydrogens is 422 g/mol. The van der Waals surface area contributed by atoms with Crippen LogP contribution in [0.25, 0.3) is 0 Å². The van der Waals surface area contributed by atoms with E-state index in [2.05, 4.69) is 29.0 Å². The molecule has 5 N–H and O–H groups in total. The Morgan fingerprint density at radius 1 is 0.938 bits per heavy atom. The number of hydrogen-bond acceptors (Lipinski definition) is 4. The van der Waals surface area contributed by atoms with Gasteiger partial charge in [-0.25, -0.2) is 0 Å². The summed E-state index contributed by atoms with van der Waals surface area (Å²) in [6, 6.07) is 20.8. The van der Waals surface area contributed by atoms with E-state index in [0.717, 1.165) is 11.1 Å². The summed E-state index contributed by atoms with van der Waals surface area (Å²) in [4.78, 5) is 38.1. The molecule has 0 bridgehead atoms. The van der Waals surface area contributed by atoms with Gasteiger partial charge in [0.05, 0.1) is 17.9 Å². The summed E-state index contributed by atoms with van der Waals surface area (Å²) in [5.41, 5.74) is 7.29. The minimum absolute atomic E-state index is 0.190. The first-order valence-electron chi connectivity index (χ1n) is 10.2. The summed E-state index contributed by atoms with van der Waals surface area (Å²) in [6.07, 6.45) is 0.190. The SMILES string of the molecule is Cc1ccccc1CC(=O)Nc1ccc(NC(=O)[C@@H]([NH3+])CS)cc1C(=O)c1ccccc1. The number of ketones is 1. The van der Waals surface area contributed by atoms with E-state index in [9.17, 15) is 14.4 Å². The fourth-order valence-corrected chi connectivity index (χ4v) is 3.33. The molecule has 0 aliphatic heterocycles. The molecule has 0 spiro atoms. The predicted molar refractivity (Wildman–Crippen MR) is 129 cm³/mol. The van der Waals surface area contributed by atoms with Crippen molar-refractivity contribution < 1.29 is 20.1 Å². The van der Waals surface area contributed by atoms with Crippen molar-refractivity contribution in [1.82, 2.24) is 0 Å². The van der Waals surface area contributed by atoms with Crippen LogP contribution >= 0.6 is 12.6 Å². The van der Waals surface area contributed by atoms with Gasteiger partial charge < -0.3 is 16.4 Å². The van der Waals surface area contributed by atoms with E-state index in [1.54, 1.807) is 42.5 Å². The summed E-state index contributed by atoms with van der Waals surface area (Å²) in [5.74, 6) is -0.483. The number of aryl methyl sites for hydroxylation is 1. The van der Waals surface area contributed by atoms with E-state index < -0.39 is 6.04 Å². The quantitative estimate of drug-likeness (QED) is 0.315. The molecule has 3 aromatic carbocycles. The van der Waals surface area contributed by atoms with Crippen LogP contribution in [-0.2, 0) is 16.0 Å². The molecule has 3 rings (SSSR count). The first kappa shape index (κ1) is 23.2. The number of thiol groups is 1. The van der Waals surface area contributed by atoms with Crippen LogP contribution in [0.15, 0.2) is 72.8 Å². The van der Waals surface area contributed by atoms with Crippen molar-refractivity contribution in [2.45, 2.75) is 19.4 Å². The van der Waals surface area contributed by atoms with Gasteiger partial charge in [-0.05, 0) is 36.2 Å². The van der Waals surface area contributed by atoms with Gasteiger partial charge in [-0.1, -0.05) is 54.6 Å². The second kappa shape index (κ2) is 10.7. The normalized spacial score (nSPS) is 11.5. The van der Waals surface area contributed by atoms with Crippen LogP contribution in [0.2, 0.25) is 0 Å². The second-order valence-corrected chi connectivity index (χ2v) is 7.84. The number of hydrogen-bond donors (Lipinski definition) is 4. The van der Waals surface area contributed by atoms with Crippen LogP contribution in [0.4, 0.5) is 11.4 Å². The Labute approximate surface area is 192 Å². The maximum Gasteiger partial charge on any atom is 0.283 e. The average Bonchev–Trinajstić information content (AvgIpc) is 2.81. The maximum absolute atomic E-state index is 13.2. The molecule has 0 fully saturated rings. The van der Waals surface area contributed by atoms with Crippen molar-refractivity contribution in [2.75, 3.05) is 16.4 Å². The largest absolute Gasteiger partial charge is 0.347 e. The summed E-state index contributed by atoms with van der Waals surface area (Å²) < 4.78 is 0. The minimum Gasteiger partial charge on any atom is -0.347 e.